The minimum atomic E-state index is -1.21. The number of nitrogens with zero attached hydrogens (tertiary/aromatic N) is 4. The summed E-state index contributed by atoms with van der Waals surface area (Å²) >= 11 is 7.60. The highest BCUT2D eigenvalue weighted by molar-refractivity contribution is 7.14. The molecule has 0 bridgehead atoms. The van der Waals surface area contributed by atoms with E-state index in [0.29, 0.717) is 22.3 Å². The Morgan fingerprint density at radius 1 is 1.42 bits per heavy atom. The molecular weight excluding hydrogens is 382 g/mol. The van der Waals surface area contributed by atoms with Gasteiger partial charge in [-0.3, -0.25) is 4.99 Å². The van der Waals surface area contributed by atoms with Gasteiger partial charge in [0, 0.05) is 6.42 Å². The molecule has 0 radical (unpaired) electrons. The maximum atomic E-state index is 10.3. The van der Waals surface area contributed by atoms with Crippen LogP contribution in [0.4, 0.5) is 0 Å². The van der Waals surface area contributed by atoms with Crippen LogP contribution in [0.1, 0.15) is 5.56 Å². The fourth-order valence-corrected chi connectivity index (χ4v) is 4.27. The molecule has 0 spiro atoms. The number of rotatable bonds is 4. The van der Waals surface area contributed by atoms with Gasteiger partial charge in [-0.2, -0.15) is 0 Å². The number of aliphatic hydroxyl groups is 3. The Bertz CT molecular complexity index is 799. The average molecular weight is 400 g/mol. The van der Waals surface area contributed by atoms with Crippen molar-refractivity contribution in [3.8, 4) is 0 Å². The molecule has 1 unspecified atom stereocenters. The number of hydrogen-bond donors (Lipinski definition) is 4. The van der Waals surface area contributed by atoms with Crippen molar-refractivity contribution < 1.29 is 20.1 Å². The first kappa shape index (κ1) is 18.0. The third kappa shape index (κ3) is 2.78. The van der Waals surface area contributed by atoms with E-state index in [0.717, 1.165) is 5.56 Å². The zero-order valence-corrected chi connectivity index (χ0v) is 15.1. The minimum absolute atomic E-state index is 0.153. The van der Waals surface area contributed by atoms with Gasteiger partial charge in [-0.1, -0.05) is 11.6 Å². The Balaban J connectivity index is 1.58. The predicted octanol–water partition coefficient (Wildman–Crippen LogP) is -0.808. The van der Waals surface area contributed by atoms with Gasteiger partial charge in [0.05, 0.1) is 10.9 Å². The van der Waals surface area contributed by atoms with Gasteiger partial charge in [-0.25, -0.2) is 9.98 Å². The Labute approximate surface area is 158 Å². The molecular formula is C15H18ClN5O4S. The highest BCUT2D eigenvalue weighted by atomic mass is 35.5. The van der Waals surface area contributed by atoms with Crippen molar-refractivity contribution in [2.45, 2.75) is 36.6 Å². The number of halogens is 1. The van der Waals surface area contributed by atoms with E-state index in [4.69, 9.17) is 22.1 Å². The number of thiophene rings is 1. The summed E-state index contributed by atoms with van der Waals surface area (Å²) in [5, 5.41) is 31.4. The predicted molar refractivity (Wildman–Crippen MR) is 97.8 cm³/mol. The van der Waals surface area contributed by atoms with E-state index in [1.54, 1.807) is 4.90 Å². The zero-order valence-electron chi connectivity index (χ0n) is 13.6. The van der Waals surface area contributed by atoms with Crippen LogP contribution in [0.25, 0.3) is 0 Å². The molecule has 9 nitrogen and oxygen atoms in total. The molecule has 0 saturated carbocycles. The van der Waals surface area contributed by atoms with Crippen LogP contribution in [0.15, 0.2) is 26.4 Å². The second-order valence-electron chi connectivity index (χ2n) is 6.36. The normalized spacial score (nSPS) is 36.3. The van der Waals surface area contributed by atoms with E-state index in [2.05, 4.69) is 15.0 Å². The van der Waals surface area contributed by atoms with Crippen molar-refractivity contribution in [3.63, 3.8) is 0 Å². The van der Waals surface area contributed by atoms with E-state index in [-0.39, 0.29) is 6.67 Å². The summed E-state index contributed by atoms with van der Waals surface area (Å²) in [6.07, 6.45) is -2.45. The van der Waals surface area contributed by atoms with Gasteiger partial charge in [0.2, 0.25) is 0 Å². The van der Waals surface area contributed by atoms with Crippen LogP contribution < -0.4 is 5.73 Å². The Hall–Kier alpha value is -1.40. The highest BCUT2D eigenvalue weighted by Gasteiger charge is 2.50. The molecule has 4 heterocycles. The fraction of sp³-hybridized carbons (Fsp3) is 0.533. The van der Waals surface area contributed by atoms with Crippen molar-refractivity contribution in [3.05, 3.63) is 21.3 Å². The molecule has 1 aromatic heterocycles. The van der Waals surface area contributed by atoms with Crippen LogP contribution in [-0.2, 0) is 11.2 Å². The van der Waals surface area contributed by atoms with Gasteiger partial charge < -0.3 is 30.7 Å². The molecule has 11 heteroatoms. The molecule has 1 saturated heterocycles. The molecule has 5 atom stereocenters. The molecule has 26 heavy (non-hydrogen) atoms. The number of aliphatic imine (C=N–C) groups is 3. The van der Waals surface area contributed by atoms with Crippen LogP contribution in [0, 0.1) is 0 Å². The standard InChI is InChI=1S/C15H18ClN5O4S/c16-12-7(1-2-26-12)3-15(17)11-13(18-5-20-15)21(6-19-11)14-10(24)9(23)8(4-22)25-14/h1-2,5,8-10,14,22-24H,3-4,6,17H2/t8-,9-,10-,14-,15?/m1/s1. The lowest BCUT2D eigenvalue weighted by Crippen LogP contribution is -2.56. The fourth-order valence-electron chi connectivity index (χ4n) is 3.34. The minimum Gasteiger partial charge on any atom is -0.394 e. The summed E-state index contributed by atoms with van der Waals surface area (Å²) in [4.78, 5) is 14.6. The number of hydrogen-bond acceptors (Lipinski definition) is 10. The number of aliphatic hydroxyl groups excluding tert-OH is 3. The van der Waals surface area contributed by atoms with Crippen molar-refractivity contribution >= 4 is 40.8 Å². The van der Waals surface area contributed by atoms with E-state index in [1.165, 1.54) is 17.7 Å². The third-order valence-electron chi connectivity index (χ3n) is 4.72. The average Bonchev–Trinajstić information content (AvgIpc) is 3.29. The lowest BCUT2D eigenvalue weighted by Gasteiger charge is -2.32. The van der Waals surface area contributed by atoms with Crippen LogP contribution >= 0.6 is 22.9 Å². The second kappa shape index (κ2) is 6.64. The van der Waals surface area contributed by atoms with Crippen LogP contribution in [0.3, 0.4) is 0 Å². The van der Waals surface area contributed by atoms with Crippen molar-refractivity contribution in [1.82, 2.24) is 4.90 Å². The first-order chi connectivity index (χ1) is 12.4. The molecule has 3 aliphatic heterocycles. The van der Waals surface area contributed by atoms with Crippen molar-refractivity contribution in [2.75, 3.05) is 13.3 Å². The summed E-state index contributed by atoms with van der Waals surface area (Å²) in [6, 6.07) is 1.89. The third-order valence-corrected chi connectivity index (χ3v) is 5.97. The highest BCUT2D eigenvalue weighted by Crippen LogP contribution is 2.32. The summed E-state index contributed by atoms with van der Waals surface area (Å²) in [6.45, 7) is -0.248. The second-order valence-corrected chi connectivity index (χ2v) is 7.88. The summed E-state index contributed by atoms with van der Waals surface area (Å²) in [7, 11) is 0. The maximum absolute atomic E-state index is 10.3. The zero-order chi connectivity index (χ0) is 18.5. The smallest absolute Gasteiger partial charge is 0.162 e. The quantitative estimate of drug-likeness (QED) is 0.523. The molecule has 0 aromatic carbocycles. The van der Waals surface area contributed by atoms with Crippen LogP contribution in [0.2, 0.25) is 4.34 Å². The first-order valence-electron chi connectivity index (χ1n) is 8.01. The van der Waals surface area contributed by atoms with Gasteiger partial charge in [-0.15, -0.1) is 11.3 Å². The SMILES string of the molecule is NC1(Cc2ccsc2Cl)N=CN=C2C1=NCN2[C@@H]1O[C@H](CO)[C@@H](O)[C@H]1O. The first-order valence-corrected chi connectivity index (χ1v) is 9.27. The Kier molecular flexibility index (Phi) is 4.59. The molecule has 5 N–H and O–H groups in total. The number of nitrogens with two attached hydrogens (primary N) is 1. The molecule has 0 amide bonds. The number of ether oxygens (including phenoxy) is 1. The monoisotopic (exact) mass is 399 g/mol. The molecule has 0 aliphatic carbocycles. The van der Waals surface area contributed by atoms with E-state index < -0.39 is 36.8 Å². The molecule has 4 rings (SSSR count). The molecule has 140 valence electrons. The lowest BCUT2D eigenvalue weighted by atomic mass is 9.96. The molecule has 1 fully saturated rings. The van der Waals surface area contributed by atoms with Gasteiger partial charge >= 0.3 is 0 Å². The van der Waals surface area contributed by atoms with Crippen LogP contribution in [0.5, 0.6) is 0 Å². The molecule has 1 aromatic rings. The maximum Gasteiger partial charge on any atom is 0.162 e. The van der Waals surface area contributed by atoms with E-state index >= 15 is 0 Å². The lowest BCUT2D eigenvalue weighted by molar-refractivity contribution is -0.0688. The number of amidine groups is 1. The van der Waals surface area contributed by atoms with E-state index in [1.807, 2.05) is 11.4 Å². The van der Waals surface area contributed by atoms with Gasteiger partial charge in [-0.05, 0) is 17.0 Å². The topological polar surface area (TPSA) is 136 Å². The summed E-state index contributed by atoms with van der Waals surface area (Å²) in [5.74, 6) is 0.434. The Morgan fingerprint density at radius 2 is 2.23 bits per heavy atom. The van der Waals surface area contributed by atoms with Gasteiger partial charge in [0.25, 0.3) is 0 Å². The Morgan fingerprint density at radius 3 is 2.88 bits per heavy atom. The van der Waals surface area contributed by atoms with E-state index in [9.17, 15) is 15.3 Å². The van der Waals surface area contributed by atoms with Crippen LogP contribution in [-0.4, -0.2) is 81.6 Å². The van der Waals surface area contributed by atoms with Gasteiger partial charge in [0.15, 0.2) is 17.7 Å². The van der Waals surface area contributed by atoms with Crippen molar-refractivity contribution in [1.29, 1.82) is 0 Å². The molecule has 3 aliphatic rings. The number of fused-ring (bicyclic) bond motifs is 1. The van der Waals surface area contributed by atoms with Crippen molar-refractivity contribution in [2.24, 2.45) is 20.7 Å². The summed E-state index contributed by atoms with van der Waals surface area (Å²) < 4.78 is 6.22. The summed E-state index contributed by atoms with van der Waals surface area (Å²) in [5.41, 5.74) is 6.71. The largest absolute Gasteiger partial charge is 0.394 e. The van der Waals surface area contributed by atoms with Gasteiger partial charge in [0.1, 0.15) is 37.0 Å².